The fraction of sp³-hybridized carbons (Fsp3) is 0.208. The summed E-state index contributed by atoms with van der Waals surface area (Å²) < 4.78 is 28.0. The van der Waals surface area contributed by atoms with Crippen LogP contribution in [0.4, 0.5) is 11.4 Å². The van der Waals surface area contributed by atoms with Gasteiger partial charge in [0.25, 0.3) is 15.9 Å². The summed E-state index contributed by atoms with van der Waals surface area (Å²) in [7, 11) is 0.246. The van der Waals surface area contributed by atoms with E-state index in [0.29, 0.717) is 11.4 Å². The molecular weight excluding hydrogens is 410 g/mol. The zero-order valence-corrected chi connectivity index (χ0v) is 18.7. The lowest BCUT2D eigenvalue weighted by molar-refractivity contribution is 0.102. The Kier molecular flexibility index (Phi) is 7.09. The third-order valence-electron chi connectivity index (χ3n) is 4.77. The van der Waals surface area contributed by atoms with Crippen molar-refractivity contribution in [1.82, 2.24) is 4.90 Å². The van der Waals surface area contributed by atoms with Gasteiger partial charge in [-0.2, -0.15) is 0 Å². The van der Waals surface area contributed by atoms with E-state index < -0.39 is 10.0 Å². The highest BCUT2D eigenvalue weighted by Crippen LogP contribution is 2.19. The van der Waals surface area contributed by atoms with Crippen LogP contribution in [0.25, 0.3) is 0 Å². The Morgan fingerprint density at radius 2 is 1.55 bits per heavy atom. The van der Waals surface area contributed by atoms with Crippen molar-refractivity contribution in [3.05, 3.63) is 89.5 Å². The van der Waals surface area contributed by atoms with E-state index in [4.69, 9.17) is 0 Å². The Morgan fingerprint density at radius 1 is 0.903 bits per heavy atom. The van der Waals surface area contributed by atoms with Crippen LogP contribution in [-0.2, 0) is 16.4 Å². The van der Waals surface area contributed by atoms with E-state index in [0.717, 1.165) is 18.5 Å². The molecule has 0 saturated heterocycles. The smallest absolute Gasteiger partial charge is 0.261 e. The molecule has 0 bridgehead atoms. The van der Waals surface area contributed by atoms with Crippen LogP contribution in [0.15, 0.2) is 77.7 Å². The lowest BCUT2D eigenvalue weighted by Crippen LogP contribution is -2.16. The summed E-state index contributed by atoms with van der Waals surface area (Å²) in [6.45, 7) is 2.88. The van der Waals surface area contributed by atoms with Crippen LogP contribution >= 0.6 is 0 Å². The number of amides is 1. The number of nitrogens with zero attached hydrogens (tertiary/aromatic N) is 1. The minimum absolute atomic E-state index is 0.0276. The van der Waals surface area contributed by atoms with Crippen LogP contribution in [0.5, 0.6) is 0 Å². The van der Waals surface area contributed by atoms with Crippen molar-refractivity contribution in [1.29, 1.82) is 0 Å². The molecule has 0 fully saturated rings. The van der Waals surface area contributed by atoms with Crippen LogP contribution in [0.3, 0.4) is 0 Å². The third kappa shape index (κ3) is 6.41. The molecule has 1 amide bonds. The van der Waals surface area contributed by atoms with Gasteiger partial charge in [0.05, 0.1) is 4.90 Å². The summed E-state index contributed by atoms with van der Waals surface area (Å²) in [4.78, 5) is 14.8. The van der Waals surface area contributed by atoms with Crippen molar-refractivity contribution < 1.29 is 13.2 Å². The fourth-order valence-electron chi connectivity index (χ4n) is 2.95. The normalized spacial score (nSPS) is 11.4. The summed E-state index contributed by atoms with van der Waals surface area (Å²) >= 11 is 0. The van der Waals surface area contributed by atoms with E-state index in [2.05, 4.69) is 14.9 Å². The van der Waals surface area contributed by atoms with Crippen molar-refractivity contribution in [2.24, 2.45) is 0 Å². The van der Waals surface area contributed by atoms with Crippen LogP contribution in [0.1, 0.15) is 21.5 Å². The molecule has 162 valence electrons. The van der Waals surface area contributed by atoms with Crippen LogP contribution in [0.2, 0.25) is 0 Å². The van der Waals surface area contributed by atoms with E-state index in [1.165, 1.54) is 17.7 Å². The number of hydrogen-bond acceptors (Lipinski definition) is 4. The minimum Gasteiger partial charge on any atom is -0.322 e. The van der Waals surface area contributed by atoms with Gasteiger partial charge in [0.15, 0.2) is 0 Å². The van der Waals surface area contributed by atoms with Gasteiger partial charge in [0.2, 0.25) is 0 Å². The highest BCUT2D eigenvalue weighted by molar-refractivity contribution is 7.92. The highest BCUT2D eigenvalue weighted by Gasteiger charge is 2.16. The van der Waals surface area contributed by atoms with Crippen molar-refractivity contribution in [3.8, 4) is 0 Å². The SMILES string of the molecule is Cc1ccc(NS(=O)(=O)c2cccc(C(=O)Nc3ccc(CCN(C)C)cc3)c2)cc1. The van der Waals surface area contributed by atoms with E-state index in [-0.39, 0.29) is 16.4 Å². The predicted octanol–water partition coefficient (Wildman–Crippen LogP) is 4.15. The molecule has 0 atom stereocenters. The number of anilines is 2. The minimum atomic E-state index is -3.81. The van der Waals surface area contributed by atoms with Gasteiger partial charge < -0.3 is 10.2 Å². The van der Waals surface area contributed by atoms with Gasteiger partial charge in [-0.05, 0) is 75.5 Å². The largest absolute Gasteiger partial charge is 0.322 e. The van der Waals surface area contributed by atoms with Gasteiger partial charge in [-0.15, -0.1) is 0 Å². The molecule has 0 aromatic heterocycles. The average molecular weight is 438 g/mol. The summed E-state index contributed by atoms with van der Waals surface area (Å²) in [5, 5.41) is 2.82. The molecule has 0 aliphatic heterocycles. The second-order valence-corrected chi connectivity index (χ2v) is 9.39. The number of aryl methyl sites for hydroxylation is 1. The molecular formula is C24H27N3O3S. The summed E-state index contributed by atoms with van der Waals surface area (Å²) in [6, 6.07) is 20.7. The average Bonchev–Trinajstić information content (AvgIpc) is 2.75. The zero-order chi connectivity index (χ0) is 22.4. The summed E-state index contributed by atoms with van der Waals surface area (Å²) in [5.41, 5.74) is 3.61. The zero-order valence-electron chi connectivity index (χ0n) is 17.9. The van der Waals surface area contributed by atoms with Crippen LogP contribution in [-0.4, -0.2) is 39.9 Å². The Bertz CT molecular complexity index is 1140. The maximum absolute atomic E-state index is 12.7. The van der Waals surface area contributed by atoms with Gasteiger partial charge in [-0.25, -0.2) is 8.42 Å². The fourth-order valence-corrected chi connectivity index (χ4v) is 4.05. The lowest BCUT2D eigenvalue weighted by atomic mass is 10.1. The molecule has 7 heteroatoms. The van der Waals surface area contributed by atoms with Gasteiger partial charge in [0.1, 0.15) is 0 Å². The standard InChI is InChI=1S/C24H27N3O3S/c1-18-7-11-22(12-8-18)26-31(29,30)23-6-4-5-20(17-23)24(28)25-21-13-9-19(10-14-21)15-16-27(2)3/h4-14,17,26H,15-16H2,1-3H3,(H,25,28). The molecule has 0 aliphatic carbocycles. The molecule has 3 aromatic rings. The number of benzene rings is 3. The predicted molar refractivity (Wildman–Crippen MR) is 125 cm³/mol. The van der Waals surface area contributed by atoms with Crippen LogP contribution in [0, 0.1) is 6.92 Å². The van der Waals surface area contributed by atoms with Crippen molar-refractivity contribution in [3.63, 3.8) is 0 Å². The molecule has 3 rings (SSSR count). The van der Waals surface area contributed by atoms with E-state index in [1.54, 1.807) is 24.3 Å². The van der Waals surface area contributed by atoms with E-state index in [1.807, 2.05) is 57.4 Å². The molecule has 6 nitrogen and oxygen atoms in total. The number of sulfonamides is 1. The van der Waals surface area contributed by atoms with E-state index >= 15 is 0 Å². The van der Waals surface area contributed by atoms with Crippen molar-refractivity contribution >= 4 is 27.3 Å². The van der Waals surface area contributed by atoms with Crippen LogP contribution < -0.4 is 10.0 Å². The number of rotatable bonds is 8. The Hall–Kier alpha value is -3.16. The number of hydrogen-bond donors (Lipinski definition) is 2. The van der Waals surface area contributed by atoms with Gasteiger partial charge in [-0.1, -0.05) is 35.9 Å². The molecule has 0 saturated carbocycles. The number of carbonyl (C=O) groups is 1. The second kappa shape index (κ2) is 9.76. The molecule has 0 unspecified atom stereocenters. The van der Waals surface area contributed by atoms with Gasteiger partial charge in [-0.3, -0.25) is 9.52 Å². The highest BCUT2D eigenvalue weighted by atomic mass is 32.2. The molecule has 2 N–H and O–H groups in total. The Balaban J connectivity index is 1.70. The third-order valence-corrected chi connectivity index (χ3v) is 6.15. The van der Waals surface area contributed by atoms with Crippen molar-refractivity contribution in [2.45, 2.75) is 18.2 Å². The van der Waals surface area contributed by atoms with E-state index in [9.17, 15) is 13.2 Å². The molecule has 3 aromatic carbocycles. The first-order valence-electron chi connectivity index (χ1n) is 9.97. The van der Waals surface area contributed by atoms with Crippen molar-refractivity contribution in [2.75, 3.05) is 30.7 Å². The first kappa shape index (κ1) is 22.5. The monoisotopic (exact) mass is 437 g/mol. The topological polar surface area (TPSA) is 78.5 Å². The summed E-state index contributed by atoms with van der Waals surface area (Å²) in [6.07, 6.45) is 0.926. The number of carbonyl (C=O) groups excluding carboxylic acids is 1. The first-order valence-corrected chi connectivity index (χ1v) is 11.5. The van der Waals surface area contributed by atoms with Gasteiger partial charge >= 0.3 is 0 Å². The maximum atomic E-state index is 12.7. The Labute approximate surface area is 184 Å². The van der Waals surface area contributed by atoms with Gasteiger partial charge in [0, 0.05) is 23.5 Å². The number of nitrogens with one attached hydrogen (secondary N) is 2. The molecule has 31 heavy (non-hydrogen) atoms. The first-order chi connectivity index (χ1) is 14.7. The molecule has 0 radical (unpaired) electrons. The second-order valence-electron chi connectivity index (χ2n) is 7.70. The molecule has 0 aliphatic rings. The number of likely N-dealkylation sites (N-methyl/N-ethyl adjacent to an activating group) is 1. The summed E-state index contributed by atoms with van der Waals surface area (Å²) in [5.74, 6) is -0.367. The molecule has 0 spiro atoms. The lowest BCUT2D eigenvalue weighted by Gasteiger charge is -2.11. The molecule has 0 heterocycles. The quantitative estimate of drug-likeness (QED) is 0.555. The Morgan fingerprint density at radius 3 is 2.19 bits per heavy atom. The maximum Gasteiger partial charge on any atom is 0.261 e.